The van der Waals surface area contributed by atoms with Gasteiger partial charge >= 0.3 is 0 Å². The molecule has 1 aliphatic rings. The third-order valence-electron chi connectivity index (χ3n) is 6.10. The lowest BCUT2D eigenvalue weighted by molar-refractivity contribution is -0.111. The molecule has 0 spiro atoms. The van der Waals surface area contributed by atoms with Crippen molar-refractivity contribution in [1.29, 1.82) is 0 Å². The van der Waals surface area contributed by atoms with Crippen LogP contribution in [0.5, 0.6) is 0 Å². The molecule has 0 radical (unpaired) electrons. The van der Waals surface area contributed by atoms with E-state index in [1.807, 2.05) is 30.5 Å². The van der Waals surface area contributed by atoms with E-state index in [1.165, 1.54) is 11.8 Å². The zero-order valence-corrected chi connectivity index (χ0v) is 19.6. The van der Waals surface area contributed by atoms with Gasteiger partial charge in [-0.3, -0.25) is 9.78 Å². The van der Waals surface area contributed by atoms with E-state index in [0.29, 0.717) is 11.6 Å². The fourth-order valence-electron chi connectivity index (χ4n) is 4.15. The first-order chi connectivity index (χ1) is 17.1. The Kier molecular flexibility index (Phi) is 6.36. The van der Waals surface area contributed by atoms with Crippen molar-refractivity contribution in [2.24, 2.45) is 0 Å². The van der Waals surface area contributed by atoms with Gasteiger partial charge in [-0.25, -0.2) is 9.97 Å². The summed E-state index contributed by atoms with van der Waals surface area (Å²) in [7, 11) is 2.16. The fraction of sp³-hybridized carbons (Fsp3) is 0.185. The van der Waals surface area contributed by atoms with Gasteiger partial charge < -0.3 is 20.4 Å². The quantitative estimate of drug-likeness (QED) is 0.410. The van der Waals surface area contributed by atoms with E-state index in [9.17, 15) is 4.79 Å². The number of carbonyl (C=O) groups is 1. The molecule has 1 fully saturated rings. The van der Waals surface area contributed by atoms with Crippen LogP contribution in [0.25, 0.3) is 22.0 Å². The Labute approximate surface area is 204 Å². The van der Waals surface area contributed by atoms with Crippen LogP contribution in [0, 0.1) is 0 Å². The topological polar surface area (TPSA) is 86.3 Å². The molecule has 2 N–H and O–H groups in total. The first-order valence-electron chi connectivity index (χ1n) is 11.5. The highest BCUT2D eigenvalue weighted by molar-refractivity contribution is 6.00. The third kappa shape index (κ3) is 5.12. The van der Waals surface area contributed by atoms with Gasteiger partial charge in [0.25, 0.3) is 0 Å². The number of hydrogen-bond acceptors (Lipinski definition) is 7. The minimum Gasteiger partial charge on any atom is -0.369 e. The third-order valence-corrected chi connectivity index (χ3v) is 6.10. The maximum Gasteiger partial charge on any atom is 0.247 e. The van der Waals surface area contributed by atoms with Crippen LogP contribution in [-0.4, -0.2) is 59.0 Å². The molecule has 8 nitrogen and oxygen atoms in total. The minimum atomic E-state index is -0.283. The van der Waals surface area contributed by atoms with E-state index in [4.69, 9.17) is 4.98 Å². The molecule has 4 aromatic rings. The van der Waals surface area contributed by atoms with Gasteiger partial charge in [0, 0.05) is 66.5 Å². The predicted molar refractivity (Wildman–Crippen MR) is 141 cm³/mol. The Morgan fingerprint density at radius 3 is 2.57 bits per heavy atom. The second-order valence-electron chi connectivity index (χ2n) is 8.55. The van der Waals surface area contributed by atoms with Crippen LogP contribution < -0.4 is 15.5 Å². The summed E-state index contributed by atoms with van der Waals surface area (Å²) in [5.74, 6) is 0.232. The minimum absolute atomic E-state index is 0.283. The Hall–Kier alpha value is -4.30. The Balaban J connectivity index is 1.39. The smallest absolute Gasteiger partial charge is 0.247 e. The van der Waals surface area contributed by atoms with Crippen LogP contribution in [-0.2, 0) is 4.79 Å². The number of nitrogens with one attached hydrogen (secondary N) is 2. The molecule has 0 saturated carbocycles. The molecule has 0 unspecified atom stereocenters. The molecule has 5 rings (SSSR count). The number of anilines is 4. The summed E-state index contributed by atoms with van der Waals surface area (Å²) in [5.41, 5.74) is 5.29. The van der Waals surface area contributed by atoms with E-state index < -0.39 is 0 Å². The molecule has 8 heteroatoms. The van der Waals surface area contributed by atoms with E-state index >= 15 is 0 Å². The standard InChI is InChI=1S/C27H27N7O/c1-3-25(35)30-22-15-20(16-28-18-22)24-6-4-5-19-17-29-27(32-26(19)24)31-21-7-9-23(10-8-21)34-13-11-33(2)12-14-34/h3-10,15-18H,1,11-14H2,2H3,(H,30,35)(H,29,31,32). The SMILES string of the molecule is C=CC(=O)Nc1cncc(-c2cccc3cnc(Nc4ccc(N5CCN(C)CC5)cc4)nc23)c1. The van der Waals surface area contributed by atoms with Gasteiger partial charge in [-0.05, 0) is 43.5 Å². The summed E-state index contributed by atoms with van der Waals surface area (Å²) in [6.45, 7) is 7.71. The van der Waals surface area contributed by atoms with Gasteiger partial charge in [0.05, 0.1) is 17.4 Å². The van der Waals surface area contributed by atoms with E-state index in [1.54, 1.807) is 12.4 Å². The highest BCUT2D eigenvalue weighted by Crippen LogP contribution is 2.29. The predicted octanol–water partition coefficient (Wildman–Crippen LogP) is 4.31. The molecule has 3 heterocycles. The van der Waals surface area contributed by atoms with Crippen molar-refractivity contribution in [3.05, 3.63) is 79.8 Å². The number of para-hydroxylation sites is 1. The van der Waals surface area contributed by atoms with Crippen LogP contribution in [0.1, 0.15) is 0 Å². The zero-order valence-electron chi connectivity index (χ0n) is 19.6. The van der Waals surface area contributed by atoms with Crippen molar-refractivity contribution in [3.63, 3.8) is 0 Å². The number of aromatic nitrogens is 3. The summed E-state index contributed by atoms with van der Waals surface area (Å²) >= 11 is 0. The van der Waals surface area contributed by atoms with Crippen molar-refractivity contribution in [1.82, 2.24) is 19.9 Å². The molecular formula is C27H27N7O. The molecular weight excluding hydrogens is 438 g/mol. The monoisotopic (exact) mass is 465 g/mol. The Bertz CT molecular complexity index is 1360. The molecule has 2 aromatic heterocycles. The van der Waals surface area contributed by atoms with Crippen molar-refractivity contribution < 1.29 is 4.79 Å². The van der Waals surface area contributed by atoms with Gasteiger partial charge in [0.15, 0.2) is 0 Å². The average molecular weight is 466 g/mol. The van der Waals surface area contributed by atoms with Crippen molar-refractivity contribution in [3.8, 4) is 11.1 Å². The van der Waals surface area contributed by atoms with Gasteiger partial charge in [-0.15, -0.1) is 0 Å². The molecule has 1 amide bonds. The highest BCUT2D eigenvalue weighted by Gasteiger charge is 2.14. The second kappa shape index (κ2) is 9.90. The van der Waals surface area contributed by atoms with Gasteiger partial charge in [0.2, 0.25) is 11.9 Å². The second-order valence-corrected chi connectivity index (χ2v) is 8.55. The van der Waals surface area contributed by atoms with E-state index in [-0.39, 0.29) is 5.91 Å². The van der Waals surface area contributed by atoms with Crippen LogP contribution in [0.4, 0.5) is 23.0 Å². The van der Waals surface area contributed by atoms with E-state index in [0.717, 1.165) is 53.9 Å². The zero-order chi connectivity index (χ0) is 24.2. The van der Waals surface area contributed by atoms with Gasteiger partial charge in [-0.2, -0.15) is 0 Å². The van der Waals surface area contributed by atoms with Crippen LogP contribution in [0.2, 0.25) is 0 Å². The molecule has 0 bridgehead atoms. The molecule has 0 atom stereocenters. The number of hydrogen-bond donors (Lipinski definition) is 2. The van der Waals surface area contributed by atoms with Crippen molar-refractivity contribution in [2.45, 2.75) is 0 Å². The fourth-order valence-corrected chi connectivity index (χ4v) is 4.15. The molecule has 0 aliphatic carbocycles. The summed E-state index contributed by atoms with van der Waals surface area (Å²) in [5, 5.41) is 6.99. The number of fused-ring (bicyclic) bond motifs is 1. The summed E-state index contributed by atoms with van der Waals surface area (Å²) in [4.78, 5) is 30.0. The van der Waals surface area contributed by atoms with Crippen LogP contribution in [0.3, 0.4) is 0 Å². The summed E-state index contributed by atoms with van der Waals surface area (Å²) in [6, 6.07) is 16.2. The molecule has 176 valence electrons. The number of pyridine rings is 1. The van der Waals surface area contributed by atoms with Crippen LogP contribution in [0.15, 0.2) is 79.8 Å². The lowest BCUT2D eigenvalue weighted by Gasteiger charge is -2.34. The molecule has 35 heavy (non-hydrogen) atoms. The van der Waals surface area contributed by atoms with Crippen LogP contribution >= 0.6 is 0 Å². The largest absolute Gasteiger partial charge is 0.369 e. The first kappa shape index (κ1) is 22.5. The number of amides is 1. The lowest BCUT2D eigenvalue weighted by Crippen LogP contribution is -2.44. The molecule has 1 saturated heterocycles. The van der Waals surface area contributed by atoms with Gasteiger partial charge in [0.1, 0.15) is 0 Å². The number of nitrogens with zero attached hydrogens (tertiary/aromatic N) is 5. The Morgan fingerprint density at radius 1 is 1.00 bits per heavy atom. The summed E-state index contributed by atoms with van der Waals surface area (Å²) in [6.07, 6.45) is 6.39. The highest BCUT2D eigenvalue weighted by atomic mass is 16.1. The van der Waals surface area contributed by atoms with Crippen molar-refractivity contribution in [2.75, 3.05) is 48.8 Å². The average Bonchev–Trinajstić information content (AvgIpc) is 2.89. The Morgan fingerprint density at radius 2 is 1.80 bits per heavy atom. The lowest BCUT2D eigenvalue weighted by atomic mass is 10.0. The van der Waals surface area contributed by atoms with E-state index in [2.05, 4.69) is 68.3 Å². The number of rotatable bonds is 6. The number of carbonyl (C=O) groups excluding carboxylic acids is 1. The summed E-state index contributed by atoms with van der Waals surface area (Å²) < 4.78 is 0. The first-order valence-corrected chi connectivity index (χ1v) is 11.5. The normalized spacial score (nSPS) is 14.0. The maximum atomic E-state index is 11.7. The number of benzene rings is 2. The van der Waals surface area contributed by atoms with Gasteiger partial charge in [-0.1, -0.05) is 24.8 Å². The molecule has 2 aromatic carbocycles. The number of likely N-dealkylation sites (N-methyl/N-ethyl adjacent to an activating group) is 1. The molecule has 1 aliphatic heterocycles. The number of piperazine rings is 1. The van der Waals surface area contributed by atoms with Crippen molar-refractivity contribution >= 4 is 39.8 Å². The maximum absolute atomic E-state index is 11.7.